The largest absolute Gasteiger partial charge is 0.484 e. The summed E-state index contributed by atoms with van der Waals surface area (Å²) in [6.07, 6.45) is 0. The number of aliphatic carboxylic acids is 1. The molecular formula is C19H21NO4. The Morgan fingerprint density at radius 1 is 1.12 bits per heavy atom. The predicted molar refractivity (Wildman–Crippen MR) is 91.2 cm³/mol. The molecule has 0 aliphatic heterocycles. The van der Waals surface area contributed by atoms with Gasteiger partial charge in [0.2, 0.25) is 0 Å². The number of carboxylic acids is 1. The van der Waals surface area contributed by atoms with E-state index in [9.17, 15) is 14.7 Å². The fourth-order valence-corrected chi connectivity index (χ4v) is 2.40. The van der Waals surface area contributed by atoms with Crippen LogP contribution in [0.25, 0.3) is 0 Å². The summed E-state index contributed by atoms with van der Waals surface area (Å²) in [6.45, 7) is 3.77. The van der Waals surface area contributed by atoms with Crippen molar-refractivity contribution < 1.29 is 19.4 Å². The second-order valence-corrected chi connectivity index (χ2v) is 5.66. The number of rotatable bonds is 7. The van der Waals surface area contributed by atoms with Crippen molar-refractivity contribution >= 4 is 11.9 Å². The molecule has 0 spiro atoms. The number of amides is 1. The Labute approximate surface area is 141 Å². The van der Waals surface area contributed by atoms with Gasteiger partial charge >= 0.3 is 5.97 Å². The topological polar surface area (TPSA) is 75.6 Å². The number of carbonyl (C=O) groups is 2. The summed E-state index contributed by atoms with van der Waals surface area (Å²) in [5, 5.41) is 11.9. The highest BCUT2D eigenvalue weighted by atomic mass is 16.5. The van der Waals surface area contributed by atoms with E-state index in [1.165, 1.54) is 0 Å². The zero-order chi connectivity index (χ0) is 17.5. The average Bonchev–Trinajstić information content (AvgIpc) is 2.55. The molecule has 0 bridgehead atoms. The molecule has 5 nitrogen and oxygen atoms in total. The summed E-state index contributed by atoms with van der Waals surface area (Å²) in [6, 6.07) is 14.5. The molecule has 5 heteroatoms. The summed E-state index contributed by atoms with van der Waals surface area (Å²) in [5.74, 6) is -1.46. The fourth-order valence-electron chi connectivity index (χ4n) is 2.40. The molecule has 24 heavy (non-hydrogen) atoms. The lowest BCUT2D eigenvalue weighted by molar-refractivity contribution is -0.138. The molecule has 126 valence electrons. The maximum absolute atomic E-state index is 11.9. The summed E-state index contributed by atoms with van der Waals surface area (Å²) >= 11 is 0. The van der Waals surface area contributed by atoms with E-state index >= 15 is 0 Å². The molecule has 2 aromatic carbocycles. The number of benzene rings is 2. The first-order valence-electron chi connectivity index (χ1n) is 7.72. The maximum Gasteiger partial charge on any atom is 0.312 e. The first-order chi connectivity index (χ1) is 11.5. The second-order valence-electron chi connectivity index (χ2n) is 5.66. The minimum absolute atomic E-state index is 0.0222. The van der Waals surface area contributed by atoms with Gasteiger partial charge in [-0.1, -0.05) is 48.0 Å². The van der Waals surface area contributed by atoms with Crippen LogP contribution >= 0.6 is 0 Å². The third kappa shape index (κ3) is 4.84. The molecule has 0 aliphatic carbocycles. The SMILES string of the molecule is Cc1ccc(OCC(=O)NCC(C(=O)O)c2ccccc2)c(C)c1. The summed E-state index contributed by atoms with van der Waals surface area (Å²) < 4.78 is 5.49. The van der Waals surface area contributed by atoms with Crippen molar-refractivity contribution in [3.8, 4) is 5.75 Å². The van der Waals surface area contributed by atoms with E-state index in [1.807, 2.05) is 38.1 Å². The third-order valence-corrected chi connectivity index (χ3v) is 3.69. The van der Waals surface area contributed by atoms with E-state index in [1.54, 1.807) is 24.3 Å². The number of ether oxygens (including phenoxy) is 1. The Balaban J connectivity index is 1.88. The van der Waals surface area contributed by atoms with E-state index < -0.39 is 11.9 Å². The van der Waals surface area contributed by atoms with Crippen molar-refractivity contribution in [3.05, 3.63) is 65.2 Å². The van der Waals surface area contributed by atoms with Crippen molar-refractivity contribution in [1.29, 1.82) is 0 Å². The van der Waals surface area contributed by atoms with Crippen molar-refractivity contribution in [2.24, 2.45) is 0 Å². The van der Waals surface area contributed by atoms with Crippen molar-refractivity contribution in [3.63, 3.8) is 0 Å². The molecule has 0 saturated carbocycles. The number of carboxylic acid groups (broad SMARTS) is 1. The minimum atomic E-state index is -0.975. The lowest BCUT2D eigenvalue weighted by Crippen LogP contribution is -2.34. The monoisotopic (exact) mass is 327 g/mol. The molecule has 0 radical (unpaired) electrons. The van der Waals surface area contributed by atoms with Crippen molar-refractivity contribution in [1.82, 2.24) is 5.32 Å². The molecule has 0 saturated heterocycles. The van der Waals surface area contributed by atoms with Gasteiger partial charge in [0.15, 0.2) is 6.61 Å². The first kappa shape index (κ1) is 17.5. The van der Waals surface area contributed by atoms with Gasteiger partial charge in [0.1, 0.15) is 5.75 Å². The number of carbonyl (C=O) groups excluding carboxylic acids is 1. The van der Waals surface area contributed by atoms with Crippen molar-refractivity contribution in [2.75, 3.05) is 13.2 Å². The van der Waals surface area contributed by atoms with E-state index in [4.69, 9.17) is 4.74 Å². The standard InChI is InChI=1S/C19H21NO4/c1-13-8-9-17(14(2)10-13)24-12-18(21)20-11-16(19(22)23)15-6-4-3-5-7-15/h3-10,16H,11-12H2,1-2H3,(H,20,21)(H,22,23). The number of aryl methyl sites for hydroxylation is 2. The van der Waals surface area contributed by atoms with Crippen LogP contribution in [-0.2, 0) is 9.59 Å². The van der Waals surface area contributed by atoms with Crippen LogP contribution in [0.5, 0.6) is 5.75 Å². The average molecular weight is 327 g/mol. The van der Waals surface area contributed by atoms with E-state index in [2.05, 4.69) is 5.32 Å². The van der Waals surface area contributed by atoms with Gasteiger partial charge in [0.25, 0.3) is 5.91 Å². The molecule has 1 amide bonds. The number of hydrogen-bond acceptors (Lipinski definition) is 3. The Kier molecular flexibility index (Phi) is 5.95. The molecule has 1 atom stereocenters. The third-order valence-electron chi connectivity index (χ3n) is 3.69. The highest BCUT2D eigenvalue weighted by molar-refractivity contribution is 5.80. The van der Waals surface area contributed by atoms with Crippen LogP contribution in [0.2, 0.25) is 0 Å². The number of nitrogens with one attached hydrogen (secondary N) is 1. The quantitative estimate of drug-likeness (QED) is 0.820. The fraction of sp³-hybridized carbons (Fsp3) is 0.263. The molecule has 2 aromatic rings. The Hall–Kier alpha value is -2.82. The van der Waals surface area contributed by atoms with Gasteiger partial charge < -0.3 is 15.2 Å². The van der Waals surface area contributed by atoms with E-state index in [0.717, 1.165) is 11.1 Å². The molecule has 0 aliphatic rings. The maximum atomic E-state index is 11.9. The molecule has 0 aromatic heterocycles. The van der Waals surface area contributed by atoms with Gasteiger partial charge in [0.05, 0.1) is 5.92 Å². The van der Waals surface area contributed by atoms with Crippen LogP contribution in [0.3, 0.4) is 0 Å². The van der Waals surface area contributed by atoms with E-state index in [0.29, 0.717) is 11.3 Å². The molecule has 2 rings (SSSR count). The summed E-state index contributed by atoms with van der Waals surface area (Å²) in [7, 11) is 0. The number of hydrogen-bond donors (Lipinski definition) is 2. The van der Waals surface area contributed by atoms with Crippen LogP contribution < -0.4 is 10.1 Å². The predicted octanol–water partition coefficient (Wildman–Crippen LogP) is 2.67. The molecular weight excluding hydrogens is 306 g/mol. The Morgan fingerprint density at radius 2 is 1.83 bits per heavy atom. The highest BCUT2D eigenvalue weighted by Crippen LogP contribution is 2.18. The Bertz CT molecular complexity index is 713. The van der Waals surface area contributed by atoms with Gasteiger partial charge in [-0.3, -0.25) is 9.59 Å². The summed E-state index contributed by atoms with van der Waals surface area (Å²) in [5.41, 5.74) is 2.73. The molecule has 0 heterocycles. The van der Waals surface area contributed by atoms with Gasteiger partial charge in [-0.2, -0.15) is 0 Å². The Morgan fingerprint density at radius 3 is 2.46 bits per heavy atom. The minimum Gasteiger partial charge on any atom is -0.484 e. The smallest absolute Gasteiger partial charge is 0.312 e. The molecule has 1 unspecified atom stereocenters. The normalized spacial score (nSPS) is 11.6. The van der Waals surface area contributed by atoms with Crippen LogP contribution in [0.4, 0.5) is 0 Å². The van der Waals surface area contributed by atoms with Crippen LogP contribution in [0.1, 0.15) is 22.6 Å². The van der Waals surface area contributed by atoms with Crippen molar-refractivity contribution in [2.45, 2.75) is 19.8 Å². The zero-order valence-electron chi connectivity index (χ0n) is 13.8. The second kappa shape index (κ2) is 8.15. The summed E-state index contributed by atoms with van der Waals surface area (Å²) in [4.78, 5) is 23.3. The van der Waals surface area contributed by atoms with Crippen LogP contribution in [0.15, 0.2) is 48.5 Å². The van der Waals surface area contributed by atoms with Gasteiger partial charge in [-0.25, -0.2) is 0 Å². The van der Waals surface area contributed by atoms with Crippen LogP contribution in [0, 0.1) is 13.8 Å². The lowest BCUT2D eigenvalue weighted by atomic mass is 9.99. The lowest BCUT2D eigenvalue weighted by Gasteiger charge is -2.14. The van der Waals surface area contributed by atoms with Gasteiger partial charge in [0, 0.05) is 6.54 Å². The van der Waals surface area contributed by atoms with E-state index in [-0.39, 0.29) is 19.1 Å². The molecule has 0 fully saturated rings. The zero-order valence-corrected chi connectivity index (χ0v) is 13.8. The first-order valence-corrected chi connectivity index (χ1v) is 7.72. The molecule has 2 N–H and O–H groups in total. The van der Waals surface area contributed by atoms with Crippen LogP contribution in [-0.4, -0.2) is 30.1 Å². The van der Waals surface area contributed by atoms with Gasteiger partial charge in [-0.05, 0) is 31.0 Å². The van der Waals surface area contributed by atoms with Gasteiger partial charge in [-0.15, -0.1) is 0 Å². The highest BCUT2D eigenvalue weighted by Gasteiger charge is 2.20.